The molecule has 37 heavy (non-hydrogen) atoms. The molecule has 2 aromatic carbocycles. The lowest BCUT2D eigenvalue weighted by Gasteiger charge is -2.39. The SMILES string of the molecule is Cc1ccc(-n2cc3c(N4CCN(C)C(C(=O)NCc5cc6ccccc6s5)C4)ncnc3n2)cc1F.[HH]. The number of amides is 1. The molecule has 5 aromatic rings. The number of carbonyl (C=O) groups excluding carboxylic acids is 1. The van der Waals surface area contributed by atoms with Crippen molar-refractivity contribution in [3.05, 3.63) is 77.3 Å². The zero-order chi connectivity index (χ0) is 25.5. The molecule has 6 rings (SSSR count). The molecule has 0 saturated carbocycles. The van der Waals surface area contributed by atoms with Crippen molar-refractivity contribution in [3.63, 3.8) is 0 Å². The predicted octanol–water partition coefficient (Wildman–Crippen LogP) is 4.16. The van der Waals surface area contributed by atoms with Crippen LogP contribution in [0.2, 0.25) is 0 Å². The highest BCUT2D eigenvalue weighted by atomic mass is 32.1. The minimum Gasteiger partial charge on any atom is -0.353 e. The van der Waals surface area contributed by atoms with Gasteiger partial charge in [0.25, 0.3) is 0 Å². The van der Waals surface area contributed by atoms with Crippen LogP contribution >= 0.6 is 11.3 Å². The van der Waals surface area contributed by atoms with Crippen LogP contribution in [-0.4, -0.2) is 63.3 Å². The Morgan fingerprint density at radius 3 is 2.89 bits per heavy atom. The van der Waals surface area contributed by atoms with Crippen molar-refractivity contribution in [2.24, 2.45) is 0 Å². The lowest BCUT2D eigenvalue weighted by atomic mass is 10.1. The van der Waals surface area contributed by atoms with E-state index in [-0.39, 0.29) is 19.2 Å². The molecular formula is C27H28FN7OS. The second-order valence-electron chi connectivity index (χ2n) is 9.35. The van der Waals surface area contributed by atoms with Gasteiger partial charge in [-0.05, 0) is 49.2 Å². The molecule has 1 unspecified atom stereocenters. The van der Waals surface area contributed by atoms with Crippen LogP contribution in [0.3, 0.4) is 0 Å². The highest BCUT2D eigenvalue weighted by molar-refractivity contribution is 7.19. The summed E-state index contributed by atoms with van der Waals surface area (Å²) >= 11 is 1.70. The summed E-state index contributed by atoms with van der Waals surface area (Å²) in [5.41, 5.74) is 1.72. The van der Waals surface area contributed by atoms with Crippen molar-refractivity contribution in [1.82, 2.24) is 30.0 Å². The summed E-state index contributed by atoms with van der Waals surface area (Å²) in [6, 6.07) is 15.1. The van der Waals surface area contributed by atoms with E-state index < -0.39 is 0 Å². The molecule has 3 aromatic heterocycles. The Labute approximate surface area is 218 Å². The Balaban J connectivity index is 0.00000294. The van der Waals surface area contributed by atoms with Gasteiger partial charge in [0.2, 0.25) is 5.91 Å². The number of anilines is 1. The van der Waals surface area contributed by atoms with Crippen molar-refractivity contribution in [1.29, 1.82) is 0 Å². The van der Waals surface area contributed by atoms with E-state index in [4.69, 9.17) is 0 Å². The van der Waals surface area contributed by atoms with Gasteiger partial charge in [-0.2, -0.15) is 0 Å². The van der Waals surface area contributed by atoms with Gasteiger partial charge in [-0.1, -0.05) is 24.3 Å². The third kappa shape index (κ3) is 4.54. The van der Waals surface area contributed by atoms with Gasteiger partial charge < -0.3 is 10.2 Å². The number of thiophene rings is 1. The summed E-state index contributed by atoms with van der Waals surface area (Å²) in [5.74, 6) is 0.423. The molecular weight excluding hydrogens is 489 g/mol. The van der Waals surface area contributed by atoms with Crippen molar-refractivity contribution < 1.29 is 10.6 Å². The fourth-order valence-corrected chi connectivity index (χ4v) is 5.70. The Hall–Kier alpha value is -3.89. The van der Waals surface area contributed by atoms with Crippen LogP contribution in [0.4, 0.5) is 10.2 Å². The van der Waals surface area contributed by atoms with Crippen LogP contribution in [-0.2, 0) is 11.3 Å². The fourth-order valence-electron chi connectivity index (χ4n) is 4.70. The molecule has 1 aliphatic heterocycles. The number of hydrogen-bond acceptors (Lipinski definition) is 7. The van der Waals surface area contributed by atoms with Crippen molar-refractivity contribution in [2.45, 2.75) is 19.5 Å². The summed E-state index contributed by atoms with van der Waals surface area (Å²) in [6.07, 6.45) is 3.31. The average Bonchev–Trinajstić information content (AvgIpc) is 3.53. The van der Waals surface area contributed by atoms with E-state index in [0.717, 1.165) is 16.1 Å². The highest BCUT2D eigenvalue weighted by Gasteiger charge is 2.31. The van der Waals surface area contributed by atoms with E-state index in [2.05, 4.69) is 48.4 Å². The molecule has 1 amide bonds. The van der Waals surface area contributed by atoms with Gasteiger partial charge in [0.15, 0.2) is 5.65 Å². The van der Waals surface area contributed by atoms with Crippen LogP contribution < -0.4 is 10.2 Å². The molecule has 1 aliphatic rings. The van der Waals surface area contributed by atoms with Crippen LogP contribution in [0, 0.1) is 12.7 Å². The summed E-state index contributed by atoms with van der Waals surface area (Å²) in [5, 5.41) is 9.62. The van der Waals surface area contributed by atoms with Gasteiger partial charge in [0.1, 0.15) is 24.0 Å². The summed E-state index contributed by atoms with van der Waals surface area (Å²) in [4.78, 5) is 27.4. The lowest BCUT2D eigenvalue weighted by molar-refractivity contribution is -0.126. The smallest absolute Gasteiger partial charge is 0.239 e. The first-order chi connectivity index (χ1) is 18.0. The Kier molecular flexibility index (Phi) is 6.05. The summed E-state index contributed by atoms with van der Waals surface area (Å²) in [6.45, 7) is 4.15. The molecule has 10 heteroatoms. The van der Waals surface area contributed by atoms with Gasteiger partial charge in [0, 0.05) is 36.8 Å². The Morgan fingerprint density at radius 2 is 2.05 bits per heavy atom. The Bertz CT molecular complexity index is 1590. The zero-order valence-corrected chi connectivity index (χ0v) is 21.4. The van der Waals surface area contributed by atoms with E-state index in [1.807, 2.05) is 31.4 Å². The lowest BCUT2D eigenvalue weighted by Crippen LogP contribution is -2.57. The quantitative estimate of drug-likeness (QED) is 0.377. The molecule has 1 fully saturated rings. The number of nitrogens with one attached hydrogen (secondary N) is 1. The first-order valence-corrected chi connectivity index (χ1v) is 13.0. The predicted molar refractivity (Wildman–Crippen MR) is 146 cm³/mol. The maximum absolute atomic E-state index is 14.2. The normalized spacial score (nSPS) is 16.5. The topological polar surface area (TPSA) is 79.2 Å². The van der Waals surface area contributed by atoms with Crippen molar-refractivity contribution in [2.75, 3.05) is 31.6 Å². The first-order valence-electron chi connectivity index (χ1n) is 12.1. The number of fused-ring (bicyclic) bond motifs is 2. The molecule has 1 saturated heterocycles. The maximum atomic E-state index is 14.2. The number of rotatable bonds is 5. The largest absolute Gasteiger partial charge is 0.353 e. The number of halogens is 1. The van der Waals surface area contributed by atoms with Gasteiger partial charge >= 0.3 is 0 Å². The van der Waals surface area contributed by atoms with E-state index in [1.165, 1.54) is 22.5 Å². The number of carbonyl (C=O) groups is 1. The van der Waals surface area contributed by atoms with E-state index in [1.54, 1.807) is 29.0 Å². The monoisotopic (exact) mass is 517 g/mol. The molecule has 0 spiro atoms. The third-order valence-electron chi connectivity index (χ3n) is 6.88. The number of aromatic nitrogens is 4. The van der Waals surface area contributed by atoms with Gasteiger partial charge in [-0.25, -0.2) is 19.0 Å². The van der Waals surface area contributed by atoms with Gasteiger partial charge in [0.05, 0.1) is 17.6 Å². The van der Waals surface area contributed by atoms with Gasteiger partial charge in [-0.15, -0.1) is 16.4 Å². The first kappa shape index (κ1) is 23.5. The van der Waals surface area contributed by atoms with Crippen LogP contribution in [0.25, 0.3) is 26.8 Å². The molecule has 4 heterocycles. The van der Waals surface area contributed by atoms with Crippen molar-refractivity contribution in [3.8, 4) is 5.69 Å². The van der Waals surface area contributed by atoms with Crippen LogP contribution in [0.15, 0.2) is 61.1 Å². The second-order valence-corrected chi connectivity index (χ2v) is 10.5. The number of likely N-dealkylation sites (N-methyl/N-ethyl adjacent to an activating group) is 1. The average molecular weight is 518 g/mol. The highest BCUT2D eigenvalue weighted by Crippen LogP contribution is 2.27. The minimum atomic E-state index is -0.325. The molecule has 8 nitrogen and oxygen atoms in total. The molecule has 0 radical (unpaired) electrons. The number of hydrogen-bond donors (Lipinski definition) is 1. The van der Waals surface area contributed by atoms with E-state index in [9.17, 15) is 9.18 Å². The summed E-state index contributed by atoms with van der Waals surface area (Å²) < 4.78 is 17.0. The van der Waals surface area contributed by atoms with Crippen LogP contribution in [0.5, 0.6) is 0 Å². The molecule has 1 atom stereocenters. The minimum absolute atomic E-state index is 0. The van der Waals surface area contributed by atoms with Crippen molar-refractivity contribution >= 4 is 44.2 Å². The molecule has 0 bridgehead atoms. The molecule has 1 N–H and O–H groups in total. The molecule has 0 aliphatic carbocycles. The van der Waals surface area contributed by atoms with E-state index >= 15 is 0 Å². The summed E-state index contributed by atoms with van der Waals surface area (Å²) in [7, 11) is 1.97. The molecule has 190 valence electrons. The van der Waals surface area contributed by atoms with Gasteiger partial charge in [-0.3, -0.25) is 9.69 Å². The van der Waals surface area contributed by atoms with E-state index in [0.29, 0.717) is 43.1 Å². The number of benzene rings is 2. The number of nitrogens with zero attached hydrogens (tertiary/aromatic N) is 6. The standard InChI is InChI=1S/C27H26FN7OS.H2/c1-17-7-8-19(12-22(17)28)35-14-21-25(32-35)30-16-31-26(21)34-10-9-33(2)23(15-34)27(36)29-13-20-11-18-5-3-4-6-24(18)37-20;/h3-8,11-12,14,16,23H,9-10,13,15H2,1-2H3,(H,29,36);1H. The maximum Gasteiger partial charge on any atom is 0.239 e. The Morgan fingerprint density at radius 1 is 1.19 bits per heavy atom. The van der Waals surface area contributed by atoms with Crippen LogP contribution in [0.1, 0.15) is 11.9 Å². The zero-order valence-electron chi connectivity index (χ0n) is 20.6. The number of piperazine rings is 1. The fraction of sp³-hybridized carbons (Fsp3) is 0.259. The third-order valence-corrected chi connectivity index (χ3v) is 8.00. The second kappa shape index (κ2) is 9.53. The number of aryl methyl sites for hydroxylation is 1.